The van der Waals surface area contributed by atoms with Gasteiger partial charge in [0.05, 0.1) is 73.5 Å². The molecule has 14 heteroatoms. The first-order chi connectivity index (χ1) is 22.2. The second kappa shape index (κ2) is 12.8. The van der Waals surface area contributed by atoms with Gasteiger partial charge in [-0.2, -0.15) is 23.5 Å². The van der Waals surface area contributed by atoms with Crippen LogP contribution in [0.25, 0.3) is 22.8 Å². The van der Waals surface area contributed by atoms with Gasteiger partial charge in [-0.25, -0.2) is 23.8 Å². The molecule has 0 aliphatic rings. The third-order valence-corrected chi connectivity index (χ3v) is 7.40. The number of nitrogens with zero attached hydrogens (tertiary/aromatic N) is 7. The molecular formula is C33H34F3N8O3+. The van der Waals surface area contributed by atoms with E-state index in [1.807, 2.05) is 34.1 Å². The molecule has 0 radical (unpaired) electrons. The molecule has 0 aliphatic heterocycles. The monoisotopic (exact) mass is 647 g/mol. The van der Waals surface area contributed by atoms with Crippen LogP contribution in [0.1, 0.15) is 35.4 Å². The second-order valence-electron chi connectivity index (χ2n) is 12.4. The van der Waals surface area contributed by atoms with Gasteiger partial charge in [0.15, 0.2) is 11.7 Å². The first-order valence-electron chi connectivity index (χ1n) is 14.8. The van der Waals surface area contributed by atoms with Crippen molar-refractivity contribution in [3.05, 3.63) is 106 Å². The molecule has 0 fully saturated rings. The molecule has 0 saturated heterocycles. The highest BCUT2D eigenvalue weighted by atomic mass is 19.4. The molecular weight excluding hydrogens is 613 g/mol. The molecule has 3 aromatic heterocycles. The van der Waals surface area contributed by atoms with Crippen LogP contribution >= 0.6 is 0 Å². The van der Waals surface area contributed by atoms with E-state index in [-0.39, 0.29) is 29.5 Å². The van der Waals surface area contributed by atoms with Gasteiger partial charge in [-0.3, -0.25) is 4.57 Å². The van der Waals surface area contributed by atoms with E-state index in [2.05, 4.69) is 15.4 Å². The molecule has 0 saturated carbocycles. The normalized spacial score (nSPS) is 12.6. The van der Waals surface area contributed by atoms with Crippen LogP contribution in [0.4, 0.5) is 18.0 Å². The van der Waals surface area contributed by atoms with Crippen molar-refractivity contribution >= 4 is 6.03 Å². The minimum atomic E-state index is -4.64. The molecule has 0 aliphatic carbocycles. The number of rotatable bonds is 9. The average molecular weight is 648 g/mol. The highest BCUT2D eigenvalue weighted by molar-refractivity contribution is 5.83. The molecule has 47 heavy (non-hydrogen) atoms. The standard InChI is InChI=1S/C33H33F3N8O3/c1-21(15-29-38-19-27(47-29)20-44(3,4)5)18-39-31(45)42-30(28-13-14-40-43(28)25-11-9-23(17-37)10-12-25)22(2)41(32(42)46)26-8-6-7-24(16-26)33(34,35)36/h6-14,16,19,21H,15,18,20H2,1-5H3/p+1/t21-/m0/s1. The summed E-state index contributed by atoms with van der Waals surface area (Å²) in [6.07, 6.45) is -1.05. The van der Waals surface area contributed by atoms with Gasteiger partial charge in [0, 0.05) is 13.0 Å². The second-order valence-corrected chi connectivity index (χ2v) is 12.4. The number of carbonyl (C=O) groups excluding carboxylic acids is 1. The number of hydrogen-bond donors (Lipinski definition) is 1. The third-order valence-electron chi connectivity index (χ3n) is 7.40. The fourth-order valence-corrected chi connectivity index (χ4v) is 5.28. The molecule has 1 amide bonds. The van der Waals surface area contributed by atoms with E-state index >= 15 is 0 Å². The molecule has 3 heterocycles. The van der Waals surface area contributed by atoms with Gasteiger partial charge in [-0.1, -0.05) is 13.0 Å². The van der Waals surface area contributed by atoms with Crippen molar-refractivity contribution in [3.8, 4) is 28.8 Å². The summed E-state index contributed by atoms with van der Waals surface area (Å²) in [4.78, 5) is 32.1. The summed E-state index contributed by atoms with van der Waals surface area (Å²) >= 11 is 0. The Kier molecular flexibility index (Phi) is 8.95. The average Bonchev–Trinajstić information content (AvgIpc) is 3.72. The Balaban J connectivity index is 1.52. The molecule has 1 N–H and O–H groups in total. The Labute approximate surface area is 268 Å². The van der Waals surface area contributed by atoms with Crippen LogP contribution in [-0.4, -0.2) is 62.1 Å². The zero-order chi connectivity index (χ0) is 34.1. The predicted molar refractivity (Wildman–Crippen MR) is 167 cm³/mol. The number of amides is 1. The fourth-order valence-electron chi connectivity index (χ4n) is 5.28. The van der Waals surface area contributed by atoms with E-state index < -0.39 is 23.5 Å². The molecule has 11 nitrogen and oxygen atoms in total. The number of aromatic nitrogens is 5. The summed E-state index contributed by atoms with van der Waals surface area (Å²) in [6, 6.07) is 13.8. The lowest BCUT2D eigenvalue weighted by molar-refractivity contribution is -0.884. The molecule has 1 atom stereocenters. The smallest absolute Gasteiger partial charge is 0.416 e. The minimum Gasteiger partial charge on any atom is -0.440 e. The molecule has 0 unspecified atom stereocenters. The fraction of sp³-hybridized carbons (Fsp3) is 0.303. The summed E-state index contributed by atoms with van der Waals surface area (Å²) in [6.45, 7) is 4.26. The molecule has 5 rings (SSSR count). The van der Waals surface area contributed by atoms with E-state index in [0.29, 0.717) is 40.3 Å². The lowest BCUT2D eigenvalue weighted by Gasteiger charge is -2.21. The quantitative estimate of drug-likeness (QED) is 0.216. The Hall–Kier alpha value is -5.42. The molecule has 2 aromatic carbocycles. The van der Waals surface area contributed by atoms with Gasteiger partial charge in [0.25, 0.3) is 0 Å². The lowest BCUT2D eigenvalue weighted by Crippen LogP contribution is -2.39. The van der Waals surface area contributed by atoms with Crippen molar-refractivity contribution in [1.82, 2.24) is 29.2 Å². The van der Waals surface area contributed by atoms with E-state index in [1.54, 1.807) is 43.5 Å². The van der Waals surface area contributed by atoms with Crippen LogP contribution in [0.2, 0.25) is 0 Å². The van der Waals surface area contributed by atoms with Crippen LogP contribution < -0.4 is 11.0 Å². The van der Waals surface area contributed by atoms with E-state index in [4.69, 9.17) is 4.42 Å². The Morgan fingerprint density at radius 2 is 1.83 bits per heavy atom. The molecule has 244 valence electrons. The number of quaternary nitrogens is 1. The minimum absolute atomic E-state index is 0.0542. The van der Waals surface area contributed by atoms with E-state index in [1.165, 1.54) is 23.0 Å². The van der Waals surface area contributed by atoms with Crippen molar-refractivity contribution in [2.75, 3.05) is 27.7 Å². The van der Waals surface area contributed by atoms with Crippen molar-refractivity contribution < 1.29 is 26.9 Å². The number of carbonyl (C=O) groups is 1. The SMILES string of the molecule is Cc1c(-c2ccnn2-c2ccc(C#N)cc2)n(C(=O)NC[C@@H](C)Cc2ncc(C[N+](C)(C)C)o2)c(=O)n1-c1cccc(C(F)(F)F)c1. The maximum Gasteiger partial charge on any atom is 0.416 e. The van der Waals surface area contributed by atoms with Crippen LogP contribution in [0.3, 0.4) is 0 Å². The van der Waals surface area contributed by atoms with Gasteiger partial charge >= 0.3 is 17.9 Å². The Bertz CT molecular complexity index is 2000. The van der Waals surface area contributed by atoms with Gasteiger partial charge in [-0.15, -0.1) is 0 Å². The number of nitrogens with one attached hydrogen (secondary N) is 1. The number of benzene rings is 2. The molecule has 0 spiro atoms. The highest BCUT2D eigenvalue weighted by Crippen LogP contribution is 2.32. The highest BCUT2D eigenvalue weighted by Gasteiger charge is 2.32. The number of oxazole rings is 1. The van der Waals surface area contributed by atoms with Crippen molar-refractivity contribution in [2.24, 2.45) is 5.92 Å². The predicted octanol–water partition coefficient (Wildman–Crippen LogP) is 5.32. The van der Waals surface area contributed by atoms with Crippen LogP contribution in [0.5, 0.6) is 0 Å². The molecule has 0 bridgehead atoms. The van der Waals surface area contributed by atoms with Gasteiger partial charge in [-0.05, 0) is 61.4 Å². The summed E-state index contributed by atoms with van der Waals surface area (Å²) in [5, 5.41) is 16.4. The van der Waals surface area contributed by atoms with Gasteiger partial charge < -0.3 is 14.2 Å². The van der Waals surface area contributed by atoms with Gasteiger partial charge in [0.2, 0.25) is 0 Å². The van der Waals surface area contributed by atoms with E-state index in [0.717, 1.165) is 27.0 Å². The lowest BCUT2D eigenvalue weighted by atomic mass is 10.1. The number of imidazole rings is 1. The van der Waals surface area contributed by atoms with Crippen LogP contribution in [0, 0.1) is 24.2 Å². The van der Waals surface area contributed by atoms with Crippen molar-refractivity contribution in [2.45, 2.75) is 33.0 Å². The first kappa shape index (κ1) is 33.0. The number of hydrogen-bond acceptors (Lipinski definition) is 6. The van der Waals surface area contributed by atoms with E-state index in [9.17, 15) is 28.0 Å². The summed E-state index contributed by atoms with van der Waals surface area (Å²) < 4.78 is 50.9. The Morgan fingerprint density at radius 3 is 2.49 bits per heavy atom. The van der Waals surface area contributed by atoms with Crippen molar-refractivity contribution in [3.63, 3.8) is 0 Å². The first-order valence-corrected chi connectivity index (χ1v) is 14.8. The zero-order valence-corrected chi connectivity index (χ0v) is 26.5. The summed E-state index contributed by atoms with van der Waals surface area (Å²) in [5.74, 6) is 1.13. The number of nitriles is 1. The van der Waals surface area contributed by atoms with Crippen LogP contribution in [0.15, 0.2) is 76.2 Å². The van der Waals surface area contributed by atoms with Crippen molar-refractivity contribution in [1.29, 1.82) is 5.26 Å². The number of halogens is 3. The maximum absolute atomic E-state index is 14.0. The molecule has 5 aromatic rings. The topological polar surface area (TPSA) is 124 Å². The summed E-state index contributed by atoms with van der Waals surface area (Å²) in [5.41, 5.74) is -0.188. The zero-order valence-electron chi connectivity index (χ0n) is 26.5. The summed E-state index contributed by atoms with van der Waals surface area (Å²) in [7, 11) is 6.11. The van der Waals surface area contributed by atoms with Crippen LogP contribution in [-0.2, 0) is 19.1 Å². The van der Waals surface area contributed by atoms with Gasteiger partial charge in [0.1, 0.15) is 12.2 Å². The number of alkyl halides is 3. The third kappa shape index (κ3) is 7.20. The Morgan fingerprint density at radius 1 is 1.11 bits per heavy atom. The largest absolute Gasteiger partial charge is 0.440 e. The maximum atomic E-state index is 14.0.